The van der Waals surface area contributed by atoms with Crippen LogP contribution in [-0.4, -0.2) is 26.0 Å². The number of carbonyl (C=O) groups excluding carboxylic acids is 1. The van der Waals surface area contributed by atoms with Gasteiger partial charge >= 0.3 is 5.97 Å². The lowest BCUT2D eigenvalue weighted by Gasteiger charge is -2.11. The number of nitrogens with zero attached hydrogens (tertiary/aromatic N) is 2. The lowest BCUT2D eigenvalue weighted by molar-refractivity contribution is -0.129. The Balaban J connectivity index is 1.88. The van der Waals surface area contributed by atoms with Crippen molar-refractivity contribution in [1.29, 1.82) is 0 Å². The molecule has 0 saturated carbocycles. The van der Waals surface area contributed by atoms with Gasteiger partial charge < -0.3 is 9.64 Å². The van der Waals surface area contributed by atoms with Crippen LogP contribution in [0.3, 0.4) is 0 Å². The van der Waals surface area contributed by atoms with Crippen LogP contribution in [0.1, 0.15) is 11.1 Å². The minimum atomic E-state index is -0.461. The number of benzene rings is 2. The second-order valence-corrected chi connectivity index (χ2v) is 5.77. The molecule has 0 amide bonds. The van der Waals surface area contributed by atoms with Crippen molar-refractivity contribution in [1.82, 2.24) is 0 Å². The number of esters is 1. The van der Waals surface area contributed by atoms with Crippen LogP contribution in [0.2, 0.25) is 5.02 Å². The molecule has 0 aliphatic carbocycles. The highest BCUT2D eigenvalue weighted by Gasteiger charge is 2.24. The lowest BCUT2D eigenvalue weighted by Crippen LogP contribution is -2.08. The Labute approximate surface area is 139 Å². The van der Waals surface area contributed by atoms with Gasteiger partial charge in [-0.15, -0.1) is 0 Å². The van der Waals surface area contributed by atoms with Gasteiger partial charge in [-0.1, -0.05) is 29.8 Å². The van der Waals surface area contributed by atoms with Crippen molar-refractivity contribution in [3.8, 4) is 0 Å². The van der Waals surface area contributed by atoms with Gasteiger partial charge in [0.1, 0.15) is 0 Å². The maximum atomic E-state index is 12.0. The number of hydrogen-bond acceptors (Lipinski definition) is 4. The second kappa shape index (κ2) is 6.26. The first-order valence-electron chi connectivity index (χ1n) is 7.09. The highest BCUT2D eigenvalue weighted by molar-refractivity contribution is 6.31. The van der Waals surface area contributed by atoms with Gasteiger partial charge in [0, 0.05) is 30.4 Å². The van der Waals surface area contributed by atoms with Crippen LogP contribution in [0.4, 0.5) is 5.69 Å². The van der Waals surface area contributed by atoms with Crippen molar-refractivity contribution < 1.29 is 9.53 Å². The summed E-state index contributed by atoms with van der Waals surface area (Å²) in [4.78, 5) is 18.3. The number of rotatable bonds is 3. The molecule has 4 nitrogen and oxygen atoms in total. The molecule has 1 heterocycles. The van der Waals surface area contributed by atoms with Crippen LogP contribution in [0, 0.1) is 0 Å². The fourth-order valence-corrected chi connectivity index (χ4v) is 2.37. The lowest BCUT2D eigenvalue weighted by atomic mass is 10.1. The van der Waals surface area contributed by atoms with Crippen LogP contribution in [-0.2, 0) is 9.53 Å². The van der Waals surface area contributed by atoms with E-state index in [0.29, 0.717) is 10.6 Å². The summed E-state index contributed by atoms with van der Waals surface area (Å²) in [6.45, 7) is 0. The van der Waals surface area contributed by atoms with Crippen molar-refractivity contribution in [2.75, 3.05) is 19.0 Å². The maximum absolute atomic E-state index is 12.0. The number of hydrogen-bond donors (Lipinski definition) is 0. The van der Waals surface area contributed by atoms with Gasteiger partial charge in [-0.25, -0.2) is 9.79 Å². The number of aliphatic imine (C=N–C) groups is 1. The fraction of sp³-hybridized carbons (Fsp3) is 0.111. The van der Waals surface area contributed by atoms with Gasteiger partial charge in [0.25, 0.3) is 0 Å². The van der Waals surface area contributed by atoms with E-state index in [1.807, 2.05) is 43.3 Å². The highest BCUT2D eigenvalue weighted by atomic mass is 35.5. The third-order valence-electron chi connectivity index (χ3n) is 3.40. The smallest absolute Gasteiger partial charge is 0.363 e. The van der Waals surface area contributed by atoms with Crippen molar-refractivity contribution in [2.24, 2.45) is 4.99 Å². The van der Waals surface area contributed by atoms with E-state index in [0.717, 1.165) is 11.3 Å². The Morgan fingerprint density at radius 1 is 1.13 bits per heavy atom. The van der Waals surface area contributed by atoms with Gasteiger partial charge in [-0.05, 0) is 42.0 Å². The summed E-state index contributed by atoms with van der Waals surface area (Å²) in [6, 6.07) is 14.9. The van der Waals surface area contributed by atoms with Gasteiger partial charge in [-0.2, -0.15) is 0 Å². The van der Waals surface area contributed by atoms with Crippen LogP contribution in [0.25, 0.3) is 6.08 Å². The molecule has 1 aliphatic rings. The van der Waals surface area contributed by atoms with Crippen molar-refractivity contribution in [2.45, 2.75) is 0 Å². The average Bonchev–Trinajstić information content (AvgIpc) is 2.89. The van der Waals surface area contributed by atoms with Gasteiger partial charge in [-0.3, -0.25) is 0 Å². The van der Waals surface area contributed by atoms with E-state index in [-0.39, 0.29) is 11.6 Å². The molecule has 0 spiro atoms. The zero-order valence-corrected chi connectivity index (χ0v) is 13.5. The average molecular weight is 327 g/mol. The first kappa shape index (κ1) is 15.3. The summed E-state index contributed by atoms with van der Waals surface area (Å²) in [7, 11) is 3.95. The zero-order chi connectivity index (χ0) is 16.4. The molecule has 3 rings (SSSR count). The SMILES string of the molecule is CN(C)c1ccc(C=C2N=C(c3cccc(Cl)c3)OC2=O)cc1. The minimum Gasteiger partial charge on any atom is -0.402 e. The van der Waals surface area contributed by atoms with E-state index in [9.17, 15) is 4.79 Å². The topological polar surface area (TPSA) is 41.9 Å². The van der Waals surface area contributed by atoms with Crippen LogP contribution < -0.4 is 4.90 Å². The van der Waals surface area contributed by atoms with E-state index >= 15 is 0 Å². The minimum absolute atomic E-state index is 0.272. The molecule has 0 bridgehead atoms. The standard InChI is InChI=1S/C18H15ClN2O2/c1-21(2)15-8-6-12(7-9-15)10-16-18(22)23-17(20-16)13-4-3-5-14(19)11-13/h3-11H,1-2H3. The predicted octanol–water partition coefficient (Wildman–Crippen LogP) is 3.75. The zero-order valence-electron chi connectivity index (χ0n) is 12.8. The van der Waals surface area contributed by atoms with Crippen molar-refractivity contribution >= 4 is 35.2 Å². The summed E-state index contributed by atoms with van der Waals surface area (Å²) < 4.78 is 5.23. The summed E-state index contributed by atoms with van der Waals surface area (Å²) in [6.07, 6.45) is 1.71. The summed E-state index contributed by atoms with van der Waals surface area (Å²) >= 11 is 5.95. The van der Waals surface area contributed by atoms with Crippen LogP contribution in [0.15, 0.2) is 59.2 Å². The van der Waals surface area contributed by atoms with Crippen molar-refractivity contribution in [3.63, 3.8) is 0 Å². The summed E-state index contributed by atoms with van der Waals surface area (Å²) in [5, 5.41) is 0.568. The fourth-order valence-electron chi connectivity index (χ4n) is 2.18. The first-order chi connectivity index (χ1) is 11.0. The molecular weight excluding hydrogens is 312 g/mol. The third kappa shape index (κ3) is 3.43. The van der Waals surface area contributed by atoms with E-state index in [4.69, 9.17) is 16.3 Å². The summed E-state index contributed by atoms with van der Waals surface area (Å²) in [5.41, 5.74) is 2.93. The molecule has 0 atom stereocenters. The molecule has 0 radical (unpaired) electrons. The van der Waals surface area contributed by atoms with Crippen molar-refractivity contribution in [3.05, 3.63) is 70.4 Å². The van der Waals surface area contributed by atoms with Gasteiger partial charge in [0.05, 0.1) is 0 Å². The van der Waals surface area contributed by atoms with E-state index in [1.165, 1.54) is 0 Å². The van der Waals surface area contributed by atoms with Crippen LogP contribution >= 0.6 is 11.6 Å². The van der Waals surface area contributed by atoms with Gasteiger partial charge in [0.2, 0.25) is 5.90 Å². The monoisotopic (exact) mass is 326 g/mol. The highest BCUT2D eigenvalue weighted by Crippen LogP contribution is 2.21. The predicted molar refractivity (Wildman–Crippen MR) is 92.8 cm³/mol. The van der Waals surface area contributed by atoms with E-state index < -0.39 is 5.97 Å². The Morgan fingerprint density at radius 3 is 2.52 bits per heavy atom. The molecule has 5 heteroatoms. The van der Waals surface area contributed by atoms with E-state index in [2.05, 4.69) is 4.99 Å². The molecule has 116 valence electrons. The Bertz CT molecular complexity index is 808. The molecule has 0 saturated heterocycles. The molecule has 1 aliphatic heterocycles. The van der Waals surface area contributed by atoms with E-state index in [1.54, 1.807) is 30.3 Å². The molecule has 0 unspecified atom stereocenters. The second-order valence-electron chi connectivity index (χ2n) is 5.33. The number of halogens is 1. The summed E-state index contributed by atoms with van der Waals surface area (Å²) in [5.74, 6) is -0.190. The van der Waals surface area contributed by atoms with Crippen LogP contribution in [0.5, 0.6) is 0 Å². The first-order valence-corrected chi connectivity index (χ1v) is 7.46. The maximum Gasteiger partial charge on any atom is 0.363 e. The third-order valence-corrected chi connectivity index (χ3v) is 3.64. The number of carbonyl (C=O) groups is 1. The quantitative estimate of drug-likeness (QED) is 0.637. The molecule has 0 N–H and O–H groups in total. The molecule has 2 aromatic rings. The normalized spacial score (nSPS) is 15.5. The molecule has 0 aromatic heterocycles. The largest absolute Gasteiger partial charge is 0.402 e. The molecule has 0 fully saturated rings. The Hall–Kier alpha value is -2.59. The molecule has 2 aromatic carbocycles. The Morgan fingerprint density at radius 2 is 1.87 bits per heavy atom. The number of cyclic esters (lactones) is 1. The van der Waals surface area contributed by atoms with Gasteiger partial charge in [0.15, 0.2) is 5.70 Å². The Kier molecular flexibility index (Phi) is 4.17. The molecule has 23 heavy (non-hydrogen) atoms. The number of anilines is 1. The molecular formula is C18H15ClN2O2. The number of ether oxygens (including phenoxy) is 1.